The van der Waals surface area contributed by atoms with E-state index in [0.29, 0.717) is 25.7 Å². The molecule has 0 saturated heterocycles. The van der Waals surface area contributed by atoms with Crippen LogP contribution in [0.3, 0.4) is 0 Å². The van der Waals surface area contributed by atoms with Gasteiger partial charge in [-0.2, -0.15) is 0 Å². The van der Waals surface area contributed by atoms with Gasteiger partial charge >= 0.3 is 33.6 Å². The number of aliphatic hydroxyl groups excluding tert-OH is 2. The van der Waals surface area contributed by atoms with E-state index in [1.54, 1.807) is 0 Å². The normalized spacial score (nSPS) is 14.9. The Kier molecular flexibility index (Phi) is 66.4. The van der Waals surface area contributed by atoms with Crippen molar-refractivity contribution in [1.29, 1.82) is 0 Å². The lowest BCUT2D eigenvalue weighted by Gasteiger charge is -2.21. The van der Waals surface area contributed by atoms with E-state index in [1.807, 2.05) is 18.2 Å². The Morgan fingerprint density at radius 3 is 0.979 bits per heavy atom. The van der Waals surface area contributed by atoms with Crippen LogP contribution in [0.5, 0.6) is 0 Å². The molecular formula is C77H130O16P2. The molecule has 544 valence electrons. The first kappa shape index (κ1) is 90.7. The van der Waals surface area contributed by atoms with Gasteiger partial charge in [0, 0.05) is 19.3 Å². The minimum Gasteiger partial charge on any atom is -0.463 e. The van der Waals surface area contributed by atoms with Crippen LogP contribution < -0.4 is 0 Å². The third-order valence-corrected chi connectivity index (χ3v) is 16.7. The fourth-order valence-electron chi connectivity index (χ4n) is 9.28. The monoisotopic (exact) mass is 1370 g/mol. The first-order chi connectivity index (χ1) is 46.2. The van der Waals surface area contributed by atoms with Crippen LogP contribution in [0.15, 0.2) is 134 Å². The predicted molar refractivity (Wildman–Crippen MR) is 390 cm³/mol. The molecule has 0 amide bonds. The van der Waals surface area contributed by atoms with E-state index in [-0.39, 0.29) is 19.3 Å². The number of esters is 3. The first-order valence-electron chi connectivity index (χ1n) is 36.5. The Labute approximate surface area is 575 Å². The summed E-state index contributed by atoms with van der Waals surface area (Å²) in [4.78, 5) is 58.4. The van der Waals surface area contributed by atoms with Gasteiger partial charge in [0.05, 0.1) is 26.4 Å². The van der Waals surface area contributed by atoms with Crippen LogP contribution in [0.1, 0.15) is 278 Å². The molecule has 0 spiro atoms. The molecule has 0 aliphatic heterocycles. The van der Waals surface area contributed by atoms with Gasteiger partial charge in [-0.25, -0.2) is 9.13 Å². The average Bonchev–Trinajstić information content (AvgIpc) is 2.12. The molecule has 4 N–H and O–H groups in total. The summed E-state index contributed by atoms with van der Waals surface area (Å²) in [5, 5.41) is 20.6. The van der Waals surface area contributed by atoms with Crippen LogP contribution in [0.2, 0.25) is 0 Å². The highest BCUT2D eigenvalue weighted by molar-refractivity contribution is 7.47. The molecule has 0 heterocycles. The lowest BCUT2D eigenvalue weighted by atomic mass is 10.0. The summed E-state index contributed by atoms with van der Waals surface area (Å²) in [5.74, 6) is -1.69. The lowest BCUT2D eigenvalue weighted by molar-refractivity contribution is -0.161. The van der Waals surface area contributed by atoms with Gasteiger partial charge in [-0.1, -0.05) is 264 Å². The van der Waals surface area contributed by atoms with Gasteiger partial charge in [0.2, 0.25) is 0 Å². The molecule has 0 saturated carbocycles. The number of ether oxygens (including phenoxy) is 3. The number of phosphoric acid groups is 2. The molecule has 5 unspecified atom stereocenters. The fraction of sp³-hybridized carbons (Fsp3) is 0.675. The van der Waals surface area contributed by atoms with E-state index < -0.39 is 91.5 Å². The van der Waals surface area contributed by atoms with Gasteiger partial charge in [0.1, 0.15) is 25.4 Å². The summed E-state index contributed by atoms with van der Waals surface area (Å²) in [6, 6.07) is 0. The minimum absolute atomic E-state index is 0.0406. The van der Waals surface area contributed by atoms with Gasteiger partial charge in [-0.15, -0.1) is 0 Å². The Bertz CT molecular complexity index is 2260. The molecule has 0 aliphatic carbocycles. The van der Waals surface area contributed by atoms with Crippen molar-refractivity contribution in [3.05, 3.63) is 134 Å². The van der Waals surface area contributed by atoms with Crippen LogP contribution in [0.25, 0.3) is 0 Å². The summed E-state index contributed by atoms with van der Waals surface area (Å²) < 4.78 is 60.8. The lowest BCUT2D eigenvalue weighted by Crippen LogP contribution is -2.30. The number of allylic oxidation sites excluding steroid dienone is 22. The van der Waals surface area contributed by atoms with Crippen molar-refractivity contribution in [2.24, 2.45) is 0 Å². The Balaban J connectivity index is 4.59. The van der Waals surface area contributed by atoms with Crippen molar-refractivity contribution in [2.75, 3.05) is 39.6 Å². The minimum atomic E-state index is -4.95. The number of hydrogen-bond acceptors (Lipinski definition) is 14. The van der Waals surface area contributed by atoms with Crippen molar-refractivity contribution in [3.8, 4) is 0 Å². The summed E-state index contributed by atoms with van der Waals surface area (Å²) in [7, 11) is -9.81. The standard InChI is InChI=1S/C77H130O16P2/c1-4-7-10-13-16-19-22-25-27-29-31-32-33-34-35-36-37-38-40-42-43-46-48-51-54-57-60-63-75(80)87-66-72(78)67-89-94(83,84)90-68-73(79)69-91-95(85,86)92-71-74(93-77(82)65-62-59-56-53-50-45-24-21-18-15-12-9-6-3)70-88-76(81)64-61-58-55-52-49-47-44-41-39-30-28-26-23-20-17-14-11-8-5-2/h8,11,16-17,19-21,24-28,31-32,34-35,39,41,47,49,55,58,72-74,78-79H,4-7,9-10,12-15,18,22-23,29-30,33,36-38,40,42-46,48,50-54,56-57,59-71H2,1-3H3,(H,83,84)(H,85,86)/b11-8-,19-16-,20-17-,24-21-,27-25-,28-26-,32-31-,35-34-,41-39-,49-47-,58-55-. The second kappa shape index (κ2) is 69.6. The van der Waals surface area contributed by atoms with Crippen molar-refractivity contribution in [1.82, 2.24) is 0 Å². The van der Waals surface area contributed by atoms with Gasteiger partial charge in [0.25, 0.3) is 0 Å². The molecular weight excluding hydrogens is 1240 g/mol. The van der Waals surface area contributed by atoms with Gasteiger partial charge in [0.15, 0.2) is 6.10 Å². The van der Waals surface area contributed by atoms with E-state index in [4.69, 9.17) is 32.3 Å². The van der Waals surface area contributed by atoms with Gasteiger partial charge in [-0.3, -0.25) is 32.5 Å². The zero-order chi connectivity index (χ0) is 69.5. The highest BCUT2D eigenvalue weighted by atomic mass is 31.2. The molecule has 0 bridgehead atoms. The number of aliphatic hydroxyl groups is 2. The maximum atomic E-state index is 12.9. The number of phosphoric ester groups is 2. The smallest absolute Gasteiger partial charge is 0.463 e. The molecule has 16 nitrogen and oxygen atoms in total. The molecule has 0 aromatic carbocycles. The average molecular weight is 1370 g/mol. The van der Waals surface area contributed by atoms with Crippen LogP contribution in [0.4, 0.5) is 0 Å². The quantitative estimate of drug-likeness (QED) is 0.0146. The number of unbranched alkanes of at least 4 members (excludes halogenated alkanes) is 23. The summed E-state index contributed by atoms with van der Waals surface area (Å²) >= 11 is 0. The zero-order valence-corrected chi connectivity index (χ0v) is 60.8. The molecule has 0 aromatic rings. The molecule has 95 heavy (non-hydrogen) atoms. The molecule has 0 radical (unpaired) electrons. The van der Waals surface area contributed by atoms with Crippen LogP contribution in [-0.2, 0) is 55.8 Å². The number of carbonyl (C=O) groups excluding carboxylic acids is 3. The van der Waals surface area contributed by atoms with E-state index in [2.05, 4.69) is 136 Å². The Morgan fingerprint density at radius 2 is 0.579 bits per heavy atom. The molecule has 5 atom stereocenters. The van der Waals surface area contributed by atoms with Crippen molar-refractivity contribution in [3.63, 3.8) is 0 Å². The van der Waals surface area contributed by atoms with Gasteiger partial charge < -0.3 is 34.2 Å². The largest absolute Gasteiger partial charge is 0.472 e. The number of rotatable bonds is 68. The summed E-state index contributed by atoms with van der Waals surface area (Å²) in [6.07, 6.45) is 82.4. The Morgan fingerprint density at radius 1 is 0.305 bits per heavy atom. The molecule has 0 rings (SSSR count). The second-order valence-electron chi connectivity index (χ2n) is 24.0. The molecule has 18 heteroatoms. The van der Waals surface area contributed by atoms with Crippen LogP contribution >= 0.6 is 15.6 Å². The predicted octanol–water partition coefficient (Wildman–Crippen LogP) is 20.8. The second-order valence-corrected chi connectivity index (χ2v) is 26.9. The van der Waals surface area contributed by atoms with E-state index in [9.17, 15) is 43.5 Å². The first-order valence-corrected chi connectivity index (χ1v) is 39.5. The van der Waals surface area contributed by atoms with E-state index >= 15 is 0 Å². The van der Waals surface area contributed by atoms with Gasteiger partial charge in [-0.05, 0) is 128 Å². The maximum Gasteiger partial charge on any atom is 0.472 e. The topological polar surface area (TPSA) is 231 Å². The maximum absolute atomic E-state index is 12.9. The summed E-state index contributed by atoms with van der Waals surface area (Å²) in [6.45, 7) is 2.40. The van der Waals surface area contributed by atoms with Crippen LogP contribution in [-0.4, -0.2) is 95.9 Å². The summed E-state index contributed by atoms with van der Waals surface area (Å²) in [5.41, 5.74) is 0. The molecule has 0 aromatic heterocycles. The van der Waals surface area contributed by atoms with Crippen molar-refractivity contribution >= 4 is 33.6 Å². The molecule has 0 aliphatic rings. The molecule has 0 fully saturated rings. The number of carbonyl (C=O) groups is 3. The fourth-order valence-corrected chi connectivity index (χ4v) is 10.9. The zero-order valence-electron chi connectivity index (χ0n) is 59.0. The third-order valence-electron chi connectivity index (χ3n) is 14.8. The number of hydrogen-bond donors (Lipinski definition) is 4. The third kappa shape index (κ3) is 70.8. The van der Waals surface area contributed by atoms with Crippen molar-refractivity contribution in [2.45, 2.75) is 296 Å². The van der Waals surface area contributed by atoms with Crippen molar-refractivity contribution < 1.29 is 75.8 Å². The van der Waals surface area contributed by atoms with E-state index in [1.165, 1.54) is 96.3 Å². The SMILES string of the molecule is CC/C=C\C/C=C\C/C=C\C/C=C\C/C=C\C/C=C\CCC(=O)OCC(COP(=O)(O)OCC(O)COP(=O)(O)OCC(O)COC(=O)CCCCCCCCCCCCC/C=C\C/C=C\C/C=C\C/C=C\CCCCC)OC(=O)CCCCCCC/C=C\CCCCCC. The highest BCUT2D eigenvalue weighted by Gasteiger charge is 2.29. The van der Waals surface area contributed by atoms with Crippen LogP contribution in [0, 0.1) is 0 Å². The highest BCUT2D eigenvalue weighted by Crippen LogP contribution is 2.45. The van der Waals surface area contributed by atoms with E-state index in [0.717, 1.165) is 116 Å². The Hall–Kier alpha value is -4.31.